The molecular weight excluding hydrogens is 202 g/mol. The van der Waals surface area contributed by atoms with Crippen LogP contribution in [0.25, 0.3) is 0 Å². The molecule has 0 amide bonds. The Bertz CT molecular complexity index is 360. The second kappa shape index (κ2) is 5.44. The molecular formula is C11H19N5. The summed E-state index contributed by atoms with van der Waals surface area (Å²) in [7, 11) is 7.91. The van der Waals surface area contributed by atoms with Gasteiger partial charge in [-0.2, -0.15) is 0 Å². The molecule has 0 N–H and O–H groups in total. The molecule has 1 aromatic heterocycles. The average molecular weight is 221 g/mol. The Hall–Kier alpha value is -1.65. The van der Waals surface area contributed by atoms with E-state index in [1.807, 2.05) is 51.0 Å². The van der Waals surface area contributed by atoms with Gasteiger partial charge in [-0.1, -0.05) is 0 Å². The molecule has 0 aliphatic carbocycles. The molecule has 1 heterocycles. The van der Waals surface area contributed by atoms with Crippen LogP contribution in [0.15, 0.2) is 17.3 Å². The van der Waals surface area contributed by atoms with Crippen molar-refractivity contribution in [3.05, 3.63) is 23.8 Å². The van der Waals surface area contributed by atoms with Gasteiger partial charge in [0.25, 0.3) is 0 Å². The zero-order chi connectivity index (χ0) is 12.1. The fraction of sp³-hybridized carbons (Fsp3) is 0.545. The second-order valence-corrected chi connectivity index (χ2v) is 4.00. The summed E-state index contributed by atoms with van der Waals surface area (Å²) in [6.07, 6.45) is 1.76. The smallest absolute Gasteiger partial charge is 0.195 e. The van der Waals surface area contributed by atoms with E-state index in [9.17, 15) is 0 Å². The lowest BCUT2D eigenvalue weighted by Crippen LogP contribution is -2.35. The van der Waals surface area contributed by atoms with E-state index < -0.39 is 0 Å². The number of aromatic nitrogens is 2. The molecule has 0 aromatic carbocycles. The largest absolute Gasteiger partial charge is 0.349 e. The van der Waals surface area contributed by atoms with Gasteiger partial charge >= 0.3 is 0 Å². The molecule has 0 aliphatic rings. The third kappa shape index (κ3) is 3.49. The maximum Gasteiger partial charge on any atom is 0.195 e. The van der Waals surface area contributed by atoms with E-state index in [0.717, 1.165) is 17.5 Å². The summed E-state index contributed by atoms with van der Waals surface area (Å²) in [5, 5.41) is 0. The second-order valence-electron chi connectivity index (χ2n) is 4.00. The predicted octanol–water partition coefficient (Wildman–Crippen LogP) is 0.764. The summed E-state index contributed by atoms with van der Waals surface area (Å²) >= 11 is 0. The molecule has 88 valence electrons. The Kier molecular flexibility index (Phi) is 4.22. The number of hydrogen-bond acceptors (Lipinski definition) is 3. The SMILES string of the molecule is Cc1nccc(CN=C(N(C)C)N(C)C)n1. The summed E-state index contributed by atoms with van der Waals surface area (Å²) in [6.45, 7) is 2.46. The third-order valence-corrected chi connectivity index (χ3v) is 2.02. The van der Waals surface area contributed by atoms with Crippen LogP contribution in [0.5, 0.6) is 0 Å². The molecule has 16 heavy (non-hydrogen) atoms. The number of aliphatic imine (C=N–C) groups is 1. The van der Waals surface area contributed by atoms with Crippen LogP contribution >= 0.6 is 0 Å². The first-order valence-corrected chi connectivity index (χ1v) is 5.18. The summed E-state index contributed by atoms with van der Waals surface area (Å²) < 4.78 is 0. The van der Waals surface area contributed by atoms with E-state index in [2.05, 4.69) is 15.0 Å². The molecule has 0 saturated heterocycles. The Morgan fingerprint density at radius 2 is 1.88 bits per heavy atom. The maximum absolute atomic E-state index is 4.51. The summed E-state index contributed by atoms with van der Waals surface area (Å²) in [4.78, 5) is 16.8. The number of nitrogens with zero attached hydrogens (tertiary/aromatic N) is 5. The molecule has 5 nitrogen and oxygen atoms in total. The van der Waals surface area contributed by atoms with Crippen LogP contribution in [0.2, 0.25) is 0 Å². The minimum atomic E-state index is 0.578. The van der Waals surface area contributed by atoms with E-state index in [1.54, 1.807) is 6.20 Å². The number of aryl methyl sites for hydroxylation is 1. The maximum atomic E-state index is 4.51. The van der Waals surface area contributed by atoms with Crippen molar-refractivity contribution in [2.75, 3.05) is 28.2 Å². The third-order valence-electron chi connectivity index (χ3n) is 2.02. The lowest BCUT2D eigenvalue weighted by Gasteiger charge is -2.22. The van der Waals surface area contributed by atoms with Gasteiger partial charge in [0.05, 0.1) is 12.2 Å². The van der Waals surface area contributed by atoms with Crippen molar-refractivity contribution < 1.29 is 0 Å². The van der Waals surface area contributed by atoms with Crippen molar-refractivity contribution in [1.82, 2.24) is 19.8 Å². The predicted molar refractivity (Wildman–Crippen MR) is 65.3 cm³/mol. The average Bonchev–Trinajstić information content (AvgIpc) is 2.16. The first kappa shape index (κ1) is 12.4. The normalized spacial score (nSPS) is 9.81. The van der Waals surface area contributed by atoms with Crippen LogP contribution < -0.4 is 0 Å². The van der Waals surface area contributed by atoms with E-state index in [0.29, 0.717) is 6.54 Å². The van der Waals surface area contributed by atoms with Gasteiger partial charge in [0.15, 0.2) is 5.96 Å². The quantitative estimate of drug-likeness (QED) is 0.546. The lowest BCUT2D eigenvalue weighted by atomic mass is 10.4. The fourth-order valence-electron chi connectivity index (χ4n) is 1.43. The van der Waals surface area contributed by atoms with Gasteiger partial charge in [-0.15, -0.1) is 0 Å². The molecule has 1 rings (SSSR count). The van der Waals surface area contributed by atoms with Crippen LogP contribution in [0, 0.1) is 6.92 Å². The van der Waals surface area contributed by atoms with Crippen molar-refractivity contribution in [2.45, 2.75) is 13.5 Å². The lowest BCUT2D eigenvalue weighted by molar-refractivity contribution is 0.479. The highest BCUT2D eigenvalue weighted by Crippen LogP contribution is 1.99. The van der Waals surface area contributed by atoms with Crippen LogP contribution in [0.4, 0.5) is 0 Å². The number of rotatable bonds is 2. The van der Waals surface area contributed by atoms with Gasteiger partial charge in [-0.05, 0) is 13.0 Å². The van der Waals surface area contributed by atoms with Crippen molar-refractivity contribution in [3.8, 4) is 0 Å². The van der Waals surface area contributed by atoms with Gasteiger partial charge in [0, 0.05) is 34.4 Å². The minimum Gasteiger partial charge on any atom is -0.349 e. The molecule has 1 aromatic rings. The molecule has 0 spiro atoms. The zero-order valence-electron chi connectivity index (χ0n) is 10.6. The first-order chi connectivity index (χ1) is 7.50. The standard InChI is InChI=1S/C11H19N5/c1-9-12-7-6-10(14-9)8-13-11(15(2)3)16(4)5/h6-7H,8H2,1-5H3. The van der Waals surface area contributed by atoms with Gasteiger partial charge in [0.2, 0.25) is 0 Å². The van der Waals surface area contributed by atoms with Crippen molar-refractivity contribution in [2.24, 2.45) is 4.99 Å². The Balaban J connectivity index is 2.77. The summed E-state index contributed by atoms with van der Waals surface area (Å²) in [5.74, 6) is 1.71. The first-order valence-electron chi connectivity index (χ1n) is 5.18. The fourth-order valence-corrected chi connectivity index (χ4v) is 1.43. The Morgan fingerprint density at radius 1 is 1.25 bits per heavy atom. The molecule has 0 saturated carbocycles. The van der Waals surface area contributed by atoms with Crippen molar-refractivity contribution >= 4 is 5.96 Å². The van der Waals surface area contributed by atoms with Crippen LogP contribution in [0.1, 0.15) is 11.5 Å². The van der Waals surface area contributed by atoms with Gasteiger partial charge in [0.1, 0.15) is 5.82 Å². The zero-order valence-corrected chi connectivity index (χ0v) is 10.6. The highest BCUT2D eigenvalue weighted by molar-refractivity contribution is 5.79. The monoisotopic (exact) mass is 221 g/mol. The Morgan fingerprint density at radius 3 is 2.38 bits per heavy atom. The number of hydrogen-bond donors (Lipinski definition) is 0. The van der Waals surface area contributed by atoms with E-state index in [-0.39, 0.29) is 0 Å². The van der Waals surface area contributed by atoms with E-state index in [4.69, 9.17) is 0 Å². The minimum absolute atomic E-state index is 0.578. The molecule has 0 bridgehead atoms. The topological polar surface area (TPSA) is 44.6 Å². The molecule has 0 radical (unpaired) electrons. The molecule has 5 heteroatoms. The summed E-state index contributed by atoms with van der Waals surface area (Å²) in [6, 6.07) is 1.89. The van der Waals surface area contributed by atoms with E-state index in [1.165, 1.54) is 0 Å². The van der Waals surface area contributed by atoms with Gasteiger partial charge in [-0.3, -0.25) is 0 Å². The number of guanidine groups is 1. The van der Waals surface area contributed by atoms with Gasteiger partial charge in [-0.25, -0.2) is 15.0 Å². The highest BCUT2D eigenvalue weighted by atomic mass is 15.3. The van der Waals surface area contributed by atoms with Crippen LogP contribution in [-0.4, -0.2) is 53.9 Å². The van der Waals surface area contributed by atoms with Crippen LogP contribution in [-0.2, 0) is 6.54 Å². The molecule has 0 aliphatic heterocycles. The van der Waals surface area contributed by atoms with Crippen molar-refractivity contribution in [1.29, 1.82) is 0 Å². The highest BCUT2D eigenvalue weighted by Gasteiger charge is 2.04. The van der Waals surface area contributed by atoms with Gasteiger partial charge < -0.3 is 9.80 Å². The van der Waals surface area contributed by atoms with Crippen molar-refractivity contribution in [3.63, 3.8) is 0 Å². The molecule has 0 atom stereocenters. The summed E-state index contributed by atoms with van der Waals surface area (Å²) in [5.41, 5.74) is 0.939. The van der Waals surface area contributed by atoms with E-state index >= 15 is 0 Å². The molecule has 0 unspecified atom stereocenters. The molecule has 0 fully saturated rings. The Labute approximate surface area is 96.8 Å². The van der Waals surface area contributed by atoms with Crippen LogP contribution in [0.3, 0.4) is 0 Å².